The van der Waals surface area contributed by atoms with E-state index in [2.05, 4.69) is 10.3 Å². The molecule has 25 heavy (non-hydrogen) atoms. The fraction of sp³-hybridized carbons (Fsp3) is 0.222. The molecule has 0 aliphatic heterocycles. The highest BCUT2D eigenvalue weighted by Crippen LogP contribution is 2.24. The fourth-order valence-corrected chi connectivity index (χ4v) is 3.70. The molecule has 130 valence electrons. The van der Waals surface area contributed by atoms with Crippen LogP contribution in [0.25, 0.3) is 11.1 Å². The molecular formula is C18H18N2O4S. The summed E-state index contributed by atoms with van der Waals surface area (Å²) in [4.78, 5) is 16.6. The van der Waals surface area contributed by atoms with Crippen LogP contribution in [0.5, 0.6) is 0 Å². The summed E-state index contributed by atoms with van der Waals surface area (Å²) in [5, 5.41) is 2.69. The summed E-state index contributed by atoms with van der Waals surface area (Å²) in [6.07, 6.45) is -0.139. The minimum absolute atomic E-state index is 0.139. The van der Waals surface area contributed by atoms with Crippen molar-refractivity contribution in [3.05, 3.63) is 53.9 Å². The maximum absolute atomic E-state index is 12.3. The molecule has 0 atom stereocenters. The molecule has 0 unspecified atom stereocenters. The Bertz CT molecular complexity index is 1020. The van der Waals surface area contributed by atoms with Crippen LogP contribution < -0.4 is 5.32 Å². The zero-order valence-corrected chi connectivity index (χ0v) is 14.8. The summed E-state index contributed by atoms with van der Waals surface area (Å²) in [7, 11) is -3.50. The second kappa shape index (κ2) is 6.68. The zero-order chi connectivity index (χ0) is 18.0. The smallest absolute Gasteiger partial charge is 0.225 e. The first kappa shape index (κ1) is 17.2. The number of benzene rings is 2. The molecule has 3 rings (SSSR count). The number of hydrogen-bond acceptors (Lipinski definition) is 5. The van der Waals surface area contributed by atoms with Gasteiger partial charge in [0.15, 0.2) is 21.3 Å². The number of para-hydroxylation sites is 1. The number of aryl methyl sites for hydroxylation is 2. The van der Waals surface area contributed by atoms with Crippen LogP contribution in [0.2, 0.25) is 0 Å². The van der Waals surface area contributed by atoms with Gasteiger partial charge in [-0.25, -0.2) is 13.4 Å². The van der Waals surface area contributed by atoms with Crippen LogP contribution in [0.1, 0.15) is 17.9 Å². The quantitative estimate of drug-likeness (QED) is 0.756. The molecule has 1 heterocycles. The molecule has 1 N–H and O–H groups in total. The molecule has 7 heteroatoms. The van der Waals surface area contributed by atoms with Crippen LogP contribution >= 0.6 is 0 Å². The molecule has 6 nitrogen and oxygen atoms in total. The lowest BCUT2D eigenvalue weighted by Crippen LogP contribution is -2.17. The number of sulfone groups is 1. The number of amides is 1. The molecule has 3 aromatic rings. The van der Waals surface area contributed by atoms with Crippen molar-refractivity contribution >= 4 is 32.5 Å². The second-order valence-corrected chi connectivity index (χ2v) is 7.93. The van der Waals surface area contributed by atoms with E-state index in [0.29, 0.717) is 22.7 Å². The lowest BCUT2D eigenvalue weighted by Gasteiger charge is -2.07. The predicted molar refractivity (Wildman–Crippen MR) is 95.2 cm³/mol. The Hall–Kier alpha value is -2.67. The maximum Gasteiger partial charge on any atom is 0.225 e. The number of carbonyl (C=O) groups is 1. The molecule has 0 aliphatic carbocycles. The number of fused-ring (bicyclic) bond motifs is 1. The van der Waals surface area contributed by atoms with Gasteiger partial charge >= 0.3 is 0 Å². The lowest BCUT2D eigenvalue weighted by atomic mass is 10.2. The Labute approximate surface area is 145 Å². The SMILES string of the molecule is Cc1ccc(S(=O)(=O)CCC(=O)Nc2cccc3nc(C)oc23)cc1. The Morgan fingerprint density at radius 2 is 1.84 bits per heavy atom. The van der Waals surface area contributed by atoms with Crippen molar-refractivity contribution in [2.75, 3.05) is 11.1 Å². The Kier molecular flexibility index (Phi) is 4.59. The summed E-state index contributed by atoms with van der Waals surface area (Å²) < 4.78 is 30.1. The van der Waals surface area contributed by atoms with Gasteiger partial charge in [0.25, 0.3) is 0 Å². The number of anilines is 1. The number of hydrogen-bond donors (Lipinski definition) is 1. The van der Waals surface area contributed by atoms with Gasteiger partial charge in [0, 0.05) is 13.3 Å². The number of aromatic nitrogens is 1. The van der Waals surface area contributed by atoms with Gasteiger partial charge < -0.3 is 9.73 Å². The molecule has 2 aromatic carbocycles. The number of nitrogens with one attached hydrogen (secondary N) is 1. The van der Waals surface area contributed by atoms with Crippen LogP contribution in [-0.4, -0.2) is 25.1 Å². The van der Waals surface area contributed by atoms with E-state index in [4.69, 9.17) is 4.42 Å². The predicted octanol–water partition coefficient (Wildman–Crippen LogP) is 3.25. The molecule has 1 amide bonds. The van der Waals surface area contributed by atoms with Gasteiger partial charge in [0.05, 0.1) is 16.3 Å². The van der Waals surface area contributed by atoms with Crippen molar-refractivity contribution in [2.24, 2.45) is 0 Å². The van der Waals surface area contributed by atoms with Crippen molar-refractivity contribution in [1.82, 2.24) is 4.98 Å². The first-order valence-corrected chi connectivity index (χ1v) is 9.46. The number of oxazole rings is 1. The molecule has 0 radical (unpaired) electrons. The van der Waals surface area contributed by atoms with Crippen molar-refractivity contribution in [2.45, 2.75) is 25.2 Å². The minimum atomic E-state index is -3.50. The summed E-state index contributed by atoms with van der Waals surface area (Å²) in [5.74, 6) is -0.149. The highest BCUT2D eigenvalue weighted by Gasteiger charge is 2.17. The van der Waals surface area contributed by atoms with E-state index in [1.54, 1.807) is 49.4 Å². The average molecular weight is 358 g/mol. The summed E-state index contributed by atoms with van der Waals surface area (Å²) in [6, 6.07) is 11.8. The van der Waals surface area contributed by atoms with E-state index in [-0.39, 0.29) is 17.1 Å². The standard InChI is InChI=1S/C18H18N2O4S/c1-12-6-8-14(9-7-12)25(22,23)11-10-17(21)20-16-5-3-4-15-18(16)24-13(2)19-15/h3-9H,10-11H2,1-2H3,(H,20,21). The summed E-state index contributed by atoms with van der Waals surface area (Å²) in [5.41, 5.74) is 2.58. The number of rotatable bonds is 5. The molecule has 0 fully saturated rings. The second-order valence-electron chi connectivity index (χ2n) is 5.82. The van der Waals surface area contributed by atoms with Crippen molar-refractivity contribution in [3.63, 3.8) is 0 Å². The van der Waals surface area contributed by atoms with Gasteiger partial charge in [-0.15, -0.1) is 0 Å². The highest BCUT2D eigenvalue weighted by molar-refractivity contribution is 7.91. The molecule has 0 aliphatic rings. The average Bonchev–Trinajstić information content (AvgIpc) is 2.95. The van der Waals surface area contributed by atoms with E-state index in [1.165, 1.54) is 0 Å². The molecule has 0 bridgehead atoms. The summed E-state index contributed by atoms with van der Waals surface area (Å²) in [6.45, 7) is 3.61. The molecule has 0 saturated carbocycles. The third-order valence-corrected chi connectivity index (χ3v) is 5.51. The van der Waals surface area contributed by atoms with Gasteiger partial charge in [0.2, 0.25) is 5.91 Å². The van der Waals surface area contributed by atoms with Crippen LogP contribution in [0.4, 0.5) is 5.69 Å². The Morgan fingerprint density at radius 3 is 2.56 bits per heavy atom. The molecule has 0 spiro atoms. The van der Waals surface area contributed by atoms with E-state index >= 15 is 0 Å². The monoisotopic (exact) mass is 358 g/mol. The molecular weight excluding hydrogens is 340 g/mol. The van der Waals surface area contributed by atoms with Gasteiger partial charge in [0.1, 0.15) is 5.52 Å². The Morgan fingerprint density at radius 1 is 1.12 bits per heavy atom. The van der Waals surface area contributed by atoms with E-state index < -0.39 is 15.7 Å². The molecule has 0 saturated heterocycles. The van der Waals surface area contributed by atoms with E-state index in [0.717, 1.165) is 5.56 Å². The third-order valence-electron chi connectivity index (χ3n) is 3.77. The van der Waals surface area contributed by atoms with Gasteiger partial charge in [-0.3, -0.25) is 4.79 Å². The first-order valence-electron chi connectivity index (χ1n) is 7.80. The zero-order valence-electron chi connectivity index (χ0n) is 13.9. The largest absolute Gasteiger partial charge is 0.439 e. The van der Waals surface area contributed by atoms with E-state index in [9.17, 15) is 13.2 Å². The first-order chi connectivity index (χ1) is 11.8. The van der Waals surface area contributed by atoms with Crippen molar-refractivity contribution in [1.29, 1.82) is 0 Å². The van der Waals surface area contributed by atoms with Gasteiger partial charge in [-0.1, -0.05) is 23.8 Å². The topological polar surface area (TPSA) is 89.3 Å². The number of nitrogens with zero attached hydrogens (tertiary/aromatic N) is 1. The fourth-order valence-electron chi connectivity index (χ4n) is 2.46. The maximum atomic E-state index is 12.3. The minimum Gasteiger partial charge on any atom is -0.439 e. The Balaban J connectivity index is 1.69. The van der Waals surface area contributed by atoms with Gasteiger partial charge in [-0.2, -0.15) is 0 Å². The lowest BCUT2D eigenvalue weighted by molar-refractivity contribution is -0.115. The van der Waals surface area contributed by atoms with Crippen LogP contribution in [0, 0.1) is 13.8 Å². The van der Waals surface area contributed by atoms with Crippen molar-refractivity contribution < 1.29 is 17.6 Å². The summed E-state index contributed by atoms with van der Waals surface area (Å²) >= 11 is 0. The van der Waals surface area contributed by atoms with Crippen molar-refractivity contribution in [3.8, 4) is 0 Å². The van der Waals surface area contributed by atoms with Crippen LogP contribution in [-0.2, 0) is 14.6 Å². The van der Waals surface area contributed by atoms with Gasteiger partial charge in [-0.05, 0) is 31.2 Å². The third kappa shape index (κ3) is 3.88. The number of carbonyl (C=O) groups excluding carboxylic acids is 1. The molecule has 1 aromatic heterocycles. The van der Waals surface area contributed by atoms with Crippen LogP contribution in [0.3, 0.4) is 0 Å². The highest BCUT2D eigenvalue weighted by atomic mass is 32.2. The normalized spacial score (nSPS) is 11.6. The van der Waals surface area contributed by atoms with E-state index in [1.807, 2.05) is 6.92 Å². The van der Waals surface area contributed by atoms with Crippen LogP contribution in [0.15, 0.2) is 51.8 Å².